The van der Waals surface area contributed by atoms with Crippen molar-refractivity contribution in [1.82, 2.24) is 19.4 Å². The second kappa shape index (κ2) is 15.1. The van der Waals surface area contributed by atoms with Crippen LogP contribution in [-0.2, 0) is 7.05 Å². The summed E-state index contributed by atoms with van der Waals surface area (Å²) in [5.74, 6) is 1.18. The number of ether oxygens (including phenoxy) is 1. The highest BCUT2D eigenvalue weighted by Gasteiger charge is 2.16. The van der Waals surface area contributed by atoms with Crippen LogP contribution < -0.4 is 15.6 Å². The molecule has 2 aromatic carbocycles. The van der Waals surface area contributed by atoms with Crippen LogP contribution >= 0.6 is 48.0 Å². The van der Waals surface area contributed by atoms with E-state index in [4.69, 9.17) is 27.9 Å². The van der Waals surface area contributed by atoms with Gasteiger partial charge in [-0.2, -0.15) is 4.98 Å². The molecule has 0 saturated heterocycles. The summed E-state index contributed by atoms with van der Waals surface area (Å²) in [6.45, 7) is 7.83. The highest BCUT2D eigenvalue weighted by atomic mass is 35.5. The lowest BCUT2D eigenvalue weighted by atomic mass is 10.1. The summed E-state index contributed by atoms with van der Waals surface area (Å²) in [6, 6.07) is 14.5. The zero-order valence-corrected chi connectivity index (χ0v) is 24.3. The Hall–Kier alpha value is -2.59. The molecule has 8 nitrogen and oxygen atoms in total. The van der Waals surface area contributed by atoms with Gasteiger partial charge in [-0.15, -0.1) is 24.8 Å². The Morgan fingerprint density at radius 2 is 1.66 bits per heavy atom. The van der Waals surface area contributed by atoms with Gasteiger partial charge in [0.2, 0.25) is 5.95 Å². The molecule has 0 bridgehead atoms. The van der Waals surface area contributed by atoms with Crippen molar-refractivity contribution in [2.24, 2.45) is 7.05 Å². The third-order valence-corrected chi connectivity index (χ3v) is 6.49. The number of rotatable bonds is 9. The van der Waals surface area contributed by atoms with E-state index in [0.717, 1.165) is 31.1 Å². The van der Waals surface area contributed by atoms with Gasteiger partial charge in [0.05, 0.1) is 15.6 Å². The zero-order valence-electron chi connectivity index (χ0n) is 21.2. The number of nitrogens with zero attached hydrogens (tertiary/aromatic N) is 4. The van der Waals surface area contributed by atoms with Gasteiger partial charge in [0, 0.05) is 36.4 Å². The molecule has 2 heterocycles. The van der Waals surface area contributed by atoms with Crippen molar-refractivity contribution in [3.8, 4) is 16.9 Å². The number of hydrogen-bond acceptors (Lipinski definition) is 6. The molecule has 38 heavy (non-hydrogen) atoms. The first kappa shape index (κ1) is 33.4. The molecule has 0 aliphatic heterocycles. The quantitative estimate of drug-likeness (QED) is 0.260. The Morgan fingerprint density at radius 3 is 2.26 bits per heavy atom. The van der Waals surface area contributed by atoms with Gasteiger partial charge in [0.1, 0.15) is 18.0 Å². The maximum atomic E-state index is 13.1. The lowest BCUT2D eigenvalue weighted by Crippen LogP contribution is -2.27. The predicted molar refractivity (Wildman–Crippen MR) is 161 cm³/mol. The van der Waals surface area contributed by atoms with E-state index in [1.54, 1.807) is 37.5 Å². The van der Waals surface area contributed by atoms with E-state index < -0.39 is 0 Å². The molecular weight excluding hydrogens is 572 g/mol. The van der Waals surface area contributed by atoms with Gasteiger partial charge in [-0.25, -0.2) is 4.98 Å². The van der Waals surface area contributed by atoms with Crippen molar-refractivity contribution in [1.29, 1.82) is 0 Å². The number of hydrogen-bond donors (Lipinski definition) is 1. The van der Waals surface area contributed by atoms with Crippen LogP contribution in [0.15, 0.2) is 59.5 Å². The summed E-state index contributed by atoms with van der Waals surface area (Å²) < 4.78 is 7.32. The Balaban J connectivity index is 0.00000241. The first-order valence-corrected chi connectivity index (χ1v) is 12.2. The third-order valence-electron chi connectivity index (χ3n) is 5.86. The fourth-order valence-electron chi connectivity index (χ4n) is 3.84. The first-order chi connectivity index (χ1) is 16.9. The zero-order chi connectivity index (χ0) is 24.9. The molecule has 0 spiro atoms. The van der Waals surface area contributed by atoms with Crippen LogP contribution in [0.25, 0.3) is 22.2 Å². The summed E-state index contributed by atoms with van der Waals surface area (Å²) in [7, 11) is 1.67. The first-order valence-electron chi connectivity index (χ1n) is 11.4. The van der Waals surface area contributed by atoms with E-state index in [9.17, 15) is 4.79 Å². The number of anilines is 2. The molecule has 12 heteroatoms. The van der Waals surface area contributed by atoms with Crippen LogP contribution in [0.2, 0.25) is 10.0 Å². The molecule has 0 fully saturated rings. The summed E-state index contributed by atoms with van der Waals surface area (Å²) in [4.78, 5) is 24.4. The molecule has 0 atom stereocenters. The number of nitrogens with one attached hydrogen (secondary N) is 1. The van der Waals surface area contributed by atoms with Crippen LogP contribution in [0, 0.1) is 0 Å². The normalized spacial score (nSPS) is 10.4. The minimum absolute atomic E-state index is 0. The number of halogens is 4. The smallest absolute Gasteiger partial charge is 0.259 e. The summed E-state index contributed by atoms with van der Waals surface area (Å²) in [6.07, 6.45) is 1.67. The molecule has 0 amide bonds. The van der Waals surface area contributed by atoms with Gasteiger partial charge >= 0.3 is 0 Å². The lowest BCUT2D eigenvalue weighted by molar-refractivity contribution is 0.223. The van der Waals surface area contributed by atoms with Crippen LogP contribution in [-0.4, -0.2) is 51.2 Å². The second-order valence-electron chi connectivity index (χ2n) is 8.02. The van der Waals surface area contributed by atoms with Crippen molar-refractivity contribution >= 4 is 70.7 Å². The Morgan fingerprint density at radius 1 is 1.03 bits per heavy atom. The van der Waals surface area contributed by atoms with Crippen molar-refractivity contribution in [3.63, 3.8) is 0 Å². The standard InChI is InChI=1S/C26H27Cl2N5O2.2ClH.H2O/c1-4-33(5-2)13-14-35-19-11-9-18(10-12-19)30-26-29-16-17-15-20(25(34)32(3)24(17)31-26)23-21(27)7-6-8-22(23)28;;;/h6-12,15-16H,4-5,13-14H2,1-3H3,(H,29,30,31);2*1H;1H2. The van der Waals surface area contributed by atoms with Crippen molar-refractivity contribution in [2.75, 3.05) is 31.6 Å². The fourth-order valence-corrected chi connectivity index (χ4v) is 4.44. The monoisotopic (exact) mass is 601 g/mol. The van der Waals surface area contributed by atoms with Crippen LogP contribution in [0.1, 0.15) is 13.8 Å². The van der Waals surface area contributed by atoms with E-state index in [1.807, 2.05) is 24.3 Å². The number of aryl methyl sites for hydroxylation is 1. The lowest BCUT2D eigenvalue weighted by Gasteiger charge is -2.18. The van der Waals surface area contributed by atoms with Crippen LogP contribution in [0.3, 0.4) is 0 Å². The van der Waals surface area contributed by atoms with Crippen LogP contribution in [0.4, 0.5) is 11.6 Å². The number of likely N-dealkylation sites (N-methyl/N-ethyl adjacent to an activating group) is 1. The summed E-state index contributed by atoms with van der Waals surface area (Å²) >= 11 is 12.7. The molecule has 0 saturated carbocycles. The topological polar surface area (TPSA) is 104 Å². The van der Waals surface area contributed by atoms with E-state index in [0.29, 0.717) is 44.8 Å². The molecule has 4 aromatic rings. The average molecular weight is 603 g/mol. The van der Waals surface area contributed by atoms with E-state index in [-0.39, 0.29) is 35.8 Å². The van der Waals surface area contributed by atoms with Crippen molar-refractivity contribution < 1.29 is 10.2 Å². The summed E-state index contributed by atoms with van der Waals surface area (Å²) in [5.41, 5.74) is 1.96. The second-order valence-corrected chi connectivity index (χ2v) is 8.83. The van der Waals surface area contributed by atoms with Gasteiger partial charge in [0.15, 0.2) is 0 Å². The SMILES string of the molecule is CCN(CC)CCOc1ccc(Nc2ncc3cc(-c4c(Cl)cccc4Cl)c(=O)n(C)c3n2)cc1.Cl.Cl.O. The van der Waals surface area contributed by atoms with E-state index >= 15 is 0 Å². The minimum Gasteiger partial charge on any atom is -0.492 e. The molecule has 3 N–H and O–H groups in total. The van der Waals surface area contributed by atoms with Gasteiger partial charge in [0.25, 0.3) is 5.56 Å². The van der Waals surface area contributed by atoms with Gasteiger partial charge in [-0.05, 0) is 55.6 Å². The molecule has 2 aromatic heterocycles. The molecule has 206 valence electrons. The van der Waals surface area contributed by atoms with Gasteiger partial charge < -0.3 is 20.4 Å². The van der Waals surface area contributed by atoms with E-state index in [2.05, 4.69) is 34.0 Å². The predicted octanol–water partition coefficient (Wildman–Crippen LogP) is 5.79. The molecule has 0 unspecified atom stereocenters. The molecule has 0 radical (unpaired) electrons. The molecule has 0 aliphatic carbocycles. The number of aromatic nitrogens is 3. The number of benzene rings is 2. The minimum atomic E-state index is -0.247. The maximum Gasteiger partial charge on any atom is 0.259 e. The Labute approximate surface area is 244 Å². The molecule has 0 aliphatic rings. The average Bonchev–Trinajstić information content (AvgIpc) is 2.86. The Bertz CT molecular complexity index is 1380. The van der Waals surface area contributed by atoms with Crippen molar-refractivity contribution in [2.45, 2.75) is 13.8 Å². The fraction of sp³-hybridized carbons (Fsp3) is 0.269. The third kappa shape index (κ3) is 7.50. The molecule has 4 rings (SSSR count). The number of fused-ring (bicyclic) bond motifs is 1. The highest BCUT2D eigenvalue weighted by molar-refractivity contribution is 6.39. The molecular formula is C26H31Cl4N5O3. The number of pyridine rings is 1. The summed E-state index contributed by atoms with van der Waals surface area (Å²) in [5, 5.41) is 4.70. The largest absolute Gasteiger partial charge is 0.492 e. The highest BCUT2D eigenvalue weighted by Crippen LogP contribution is 2.33. The van der Waals surface area contributed by atoms with Crippen LogP contribution in [0.5, 0.6) is 5.75 Å². The van der Waals surface area contributed by atoms with Gasteiger partial charge in [-0.3, -0.25) is 9.36 Å². The maximum absolute atomic E-state index is 13.1. The van der Waals surface area contributed by atoms with Gasteiger partial charge in [-0.1, -0.05) is 43.1 Å². The van der Waals surface area contributed by atoms with Crippen molar-refractivity contribution in [3.05, 3.63) is 75.1 Å². The van der Waals surface area contributed by atoms with E-state index in [1.165, 1.54) is 4.57 Å². The Kier molecular flexibility index (Phi) is 13.3.